The fourth-order valence-corrected chi connectivity index (χ4v) is 4.95. The molecule has 0 spiro atoms. The van der Waals surface area contributed by atoms with E-state index in [0.29, 0.717) is 25.1 Å². The Kier molecular flexibility index (Phi) is 8.95. The molecule has 8 nitrogen and oxygen atoms in total. The van der Waals surface area contributed by atoms with Gasteiger partial charge >= 0.3 is 6.09 Å². The maximum Gasteiger partial charge on any atom is 0.410 e. The quantitative estimate of drug-likeness (QED) is 0.300. The maximum absolute atomic E-state index is 13.0. The lowest BCUT2D eigenvalue weighted by molar-refractivity contribution is 0.0173. The third-order valence-electron chi connectivity index (χ3n) is 5.28. The molecule has 0 bridgehead atoms. The predicted molar refractivity (Wildman–Crippen MR) is 133 cm³/mol. The van der Waals surface area contributed by atoms with Gasteiger partial charge in [0.2, 0.25) is 10.0 Å². The monoisotopic (exact) mass is 508 g/mol. The molecule has 1 saturated heterocycles. The van der Waals surface area contributed by atoms with Crippen molar-refractivity contribution in [3.05, 3.63) is 71.3 Å². The highest BCUT2D eigenvalue weighted by atomic mass is 35.5. The molecule has 1 aliphatic rings. The predicted octanol–water partition coefficient (Wildman–Crippen LogP) is 3.65. The molecule has 3 rings (SSSR count). The minimum Gasteiger partial charge on any atom is -0.444 e. The molecule has 34 heavy (non-hydrogen) atoms. The van der Waals surface area contributed by atoms with Crippen molar-refractivity contribution in [2.75, 3.05) is 13.1 Å². The van der Waals surface area contributed by atoms with Crippen LogP contribution in [0, 0.1) is 0 Å². The first-order chi connectivity index (χ1) is 16.0. The molecular weight excluding hydrogens is 476 g/mol. The van der Waals surface area contributed by atoms with Crippen molar-refractivity contribution in [3.8, 4) is 0 Å². The van der Waals surface area contributed by atoms with Crippen LogP contribution >= 0.6 is 11.6 Å². The number of hydrogen-bond acceptors (Lipinski definition) is 6. The summed E-state index contributed by atoms with van der Waals surface area (Å²) in [6.45, 7) is 6.63. The van der Waals surface area contributed by atoms with Crippen LogP contribution in [0.25, 0.3) is 0 Å². The Bertz CT molecular complexity index is 1060. The van der Waals surface area contributed by atoms with Crippen molar-refractivity contribution < 1.29 is 17.9 Å². The second kappa shape index (κ2) is 11.5. The second-order valence-corrected chi connectivity index (χ2v) is 11.5. The van der Waals surface area contributed by atoms with Crippen molar-refractivity contribution >= 4 is 27.7 Å². The number of hydrogen-bond donors (Lipinski definition) is 3. The minimum atomic E-state index is -3.58. The zero-order valence-corrected chi connectivity index (χ0v) is 21.3. The Balaban J connectivity index is 1.74. The molecule has 2 unspecified atom stereocenters. The molecule has 2 aromatic carbocycles. The standard InChI is InChI=1S/C24H33ClN4O4S/c1-24(2,3)33-23(30)29-14-13-22(25)26-16-21(29)20-12-8-7-11-19(20)15-27-28-34(31,32)17-18-9-5-4-6-10-18/h4-12,21-22,26-28H,13-17H2,1-3H3. The van der Waals surface area contributed by atoms with Crippen LogP contribution in [0.15, 0.2) is 54.6 Å². The Morgan fingerprint density at radius 3 is 2.53 bits per heavy atom. The van der Waals surface area contributed by atoms with Crippen LogP contribution in [0.3, 0.4) is 0 Å². The Morgan fingerprint density at radius 1 is 1.15 bits per heavy atom. The molecule has 2 aromatic rings. The van der Waals surface area contributed by atoms with Crippen LogP contribution in [0.5, 0.6) is 0 Å². The van der Waals surface area contributed by atoms with Gasteiger partial charge in [-0.25, -0.2) is 18.6 Å². The van der Waals surface area contributed by atoms with Gasteiger partial charge in [-0.05, 0) is 43.9 Å². The first kappa shape index (κ1) is 26.4. The summed E-state index contributed by atoms with van der Waals surface area (Å²) >= 11 is 6.34. The lowest BCUT2D eigenvalue weighted by Crippen LogP contribution is -2.42. The molecular formula is C24H33ClN4O4S. The first-order valence-corrected chi connectivity index (χ1v) is 13.3. The number of rotatable bonds is 7. The average molecular weight is 509 g/mol. The number of carbonyl (C=O) groups excluding carboxylic acids is 1. The van der Waals surface area contributed by atoms with Gasteiger partial charge < -0.3 is 4.74 Å². The maximum atomic E-state index is 13.0. The largest absolute Gasteiger partial charge is 0.444 e. The van der Waals surface area contributed by atoms with Gasteiger partial charge in [0.1, 0.15) is 5.60 Å². The molecule has 1 amide bonds. The number of nitrogens with zero attached hydrogens (tertiary/aromatic N) is 1. The van der Waals surface area contributed by atoms with Crippen molar-refractivity contribution in [1.82, 2.24) is 20.5 Å². The molecule has 0 aromatic heterocycles. The van der Waals surface area contributed by atoms with Crippen molar-refractivity contribution in [2.45, 2.75) is 56.6 Å². The second-order valence-electron chi connectivity index (χ2n) is 9.25. The van der Waals surface area contributed by atoms with E-state index in [1.54, 1.807) is 29.2 Å². The van der Waals surface area contributed by atoms with E-state index in [0.717, 1.165) is 11.1 Å². The Hall–Kier alpha value is -2.17. The SMILES string of the molecule is CC(C)(C)OC(=O)N1CCC(Cl)NCC1c1ccccc1CNNS(=O)(=O)Cc1ccccc1. The molecule has 1 aliphatic heterocycles. The van der Waals surface area contributed by atoms with Gasteiger partial charge in [0.05, 0.1) is 17.3 Å². The zero-order chi connectivity index (χ0) is 24.8. The van der Waals surface area contributed by atoms with Crippen molar-refractivity contribution in [2.24, 2.45) is 0 Å². The number of ether oxygens (including phenoxy) is 1. The number of sulfonamides is 1. The number of carbonyl (C=O) groups is 1. The molecule has 0 aliphatic carbocycles. The summed E-state index contributed by atoms with van der Waals surface area (Å²) < 4.78 is 30.6. The van der Waals surface area contributed by atoms with Crippen molar-refractivity contribution in [3.63, 3.8) is 0 Å². The van der Waals surface area contributed by atoms with Crippen LogP contribution in [-0.4, -0.2) is 43.6 Å². The van der Waals surface area contributed by atoms with E-state index >= 15 is 0 Å². The summed E-state index contributed by atoms with van der Waals surface area (Å²) in [5.74, 6) is -0.126. The zero-order valence-electron chi connectivity index (χ0n) is 19.8. The van der Waals surface area contributed by atoms with E-state index in [9.17, 15) is 13.2 Å². The van der Waals surface area contributed by atoms with Gasteiger partial charge in [-0.3, -0.25) is 10.2 Å². The number of alkyl halides is 1. The van der Waals surface area contributed by atoms with Crippen LogP contribution in [0.4, 0.5) is 4.79 Å². The highest BCUT2D eigenvalue weighted by Gasteiger charge is 2.33. The minimum absolute atomic E-state index is 0.126. The van der Waals surface area contributed by atoms with E-state index in [2.05, 4.69) is 15.6 Å². The number of halogens is 1. The average Bonchev–Trinajstić information content (AvgIpc) is 2.95. The topological polar surface area (TPSA) is 99.8 Å². The van der Waals surface area contributed by atoms with E-state index in [4.69, 9.17) is 16.3 Å². The van der Waals surface area contributed by atoms with Crippen molar-refractivity contribution in [1.29, 1.82) is 0 Å². The molecule has 3 N–H and O–H groups in total. The van der Waals surface area contributed by atoms with Crippen LogP contribution in [-0.2, 0) is 27.1 Å². The molecule has 186 valence electrons. The van der Waals surface area contributed by atoms with Gasteiger partial charge in [-0.2, -0.15) is 4.83 Å². The first-order valence-electron chi connectivity index (χ1n) is 11.3. The normalized spacial score (nSPS) is 19.5. The fourth-order valence-electron chi connectivity index (χ4n) is 3.77. The molecule has 0 saturated carbocycles. The lowest BCUT2D eigenvalue weighted by Gasteiger charge is -2.33. The van der Waals surface area contributed by atoms with Crippen LogP contribution in [0.2, 0.25) is 0 Å². The number of hydrazine groups is 1. The lowest BCUT2D eigenvalue weighted by atomic mass is 9.99. The summed E-state index contributed by atoms with van der Waals surface area (Å²) in [6, 6.07) is 16.3. The summed E-state index contributed by atoms with van der Waals surface area (Å²) in [5.41, 5.74) is 4.39. The van der Waals surface area contributed by atoms with Gasteiger partial charge in [0.25, 0.3) is 0 Å². The summed E-state index contributed by atoms with van der Waals surface area (Å²) in [6.07, 6.45) is 0.174. The third-order valence-corrected chi connectivity index (χ3v) is 6.82. The summed E-state index contributed by atoms with van der Waals surface area (Å²) in [5, 5.41) is 3.26. The summed E-state index contributed by atoms with van der Waals surface area (Å²) in [4.78, 5) is 17.2. The number of amides is 1. The Labute approximate surface area is 207 Å². The molecule has 1 fully saturated rings. The third kappa shape index (κ3) is 7.95. The molecule has 10 heteroatoms. The van der Waals surface area contributed by atoms with Gasteiger partial charge in [0, 0.05) is 19.6 Å². The van der Waals surface area contributed by atoms with Crippen LogP contribution in [0.1, 0.15) is 49.9 Å². The van der Waals surface area contributed by atoms with Gasteiger partial charge in [-0.15, -0.1) is 11.6 Å². The van der Waals surface area contributed by atoms with Crippen LogP contribution < -0.4 is 15.6 Å². The summed E-state index contributed by atoms with van der Waals surface area (Å²) in [7, 11) is -3.58. The fraction of sp³-hybridized carbons (Fsp3) is 0.458. The number of benzene rings is 2. The van der Waals surface area contributed by atoms with E-state index in [1.165, 1.54) is 0 Å². The molecule has 1 heterocycles. The molecule has 0 radical (unpaired) electrons. The smallest absolute Gasteiger partial charge is 0.410 e. The highest BCUT2D eigenvalue weighted by Crippen LogP contribution is 2.28. The number of nitrogens with one attached hydrogen (secondary N) is 3. The Morgan fingerprint density at radius 2 is 1.82 bits per heavy atom. The van der Waals surface area contributed by atoms with E-state index in [-0.39, 0.29) is 23.8 Å². The molecule has 2 atom stereocenters. The van der Waals surface area contributed by atoms with E-state index in [1.807, 2.05) is 51.1 Å². The van der Waals surface area contributed by atoms with Gasteiger partial charge in [0.15, 0.2) is 0 Å². The van der Waals surface area contributed by atoms with Gasteiger partial charge in [-0.1, -0.05) is 54.6 Å². The van der Waals surface area contributed by atoms with E-state index < -0.39 is 21.7 Å². The highest BCUT2D eigenvalue weighted by molar-refractivity contribution is 7.88.